The van der Waals surface area contributed by atoms with Crippen molar-refractivity contribution in [3.8, 4) is 0 Å². The normalized spacial score (nSPS) is 25.6. The highest BCUT2D eigenvalue weighted by atomic mass is 16.3. The van der Waals surface area contributed by atoms with Crippen LogP contribution in [0.4, 0.5) is 0 Å². The number of likely N-dealkylation sites (N-methyl/N-ethyl adjacent to an activating group) is 1. The van der Waals surface area contributed by atoms with Gasteiger partial charge in [0.15, 0.2) is 0 Å². The van der Waals surface area contributed by atoms with Gasteiger partial charge in [-0.3, -0.25) is 9.59 Å². The van der Waals surface area contributed by atoms with Crippen LogP contribution in [0.3, 0.4) is 0 Å². The summed E-state index contributed by atoms with van der Waals surface area (Å²) < 4.78 is 0. The largest absolute Gasteiger partial charge is 0.392 e. The molecule has 1 heterocycles. The fourth-order valence-corrected chi connectivity index (χ4v) is 1.47. The lowest BCUT2D eigenvalue weighted by Crippen LogP contribution is -2.58. The number of hydrogen-bond donors (Lipinski definition) is 1. The highest BCUT2D eigenvalue weighted by Crippen LogP contribution is 2.10. The van der Waals surface area contributed by atoms with Gasteiger partial charge in [-0.1, -0.05) is 0 Å². The van der Waals surface area contributed by atoms with Gasteiger partial charge < -0.3 is 14.9 Å². The van der Waals surface area contributed by atoms with Crippen molar-refractivity contribution in [1.82, 2.24) is 9.80 Å². The van der Waals surface area contributed by atoms with Gasteiger partial charge in [-0.25, -0.2) is 0 Å². The van der Waals surface area contributed by atoms with Crippen molar-refractivity contribution in [3.63, 3.8) is 0 Å². The third kappa shape index (κ3) is 2.04. The molecule has 14 heavy (non-hydrogen) atoms. The number of β-amino-alcohol motifs (C(OH)–C–C–N with tert-alkyl or cyclic N) is 1. The van der Waals surface area contributed by atoms with Crippen molar-refractivity contribution in [2.24, 2.45) is 0 Å². The fraction of sp³-hybridized carbons (Fsp3) is 0.778. The van der Waals surface area contributed by atoms with E-state index in [9.17, 15) is 9.59 Å². The summed E-state index contributed by atoms with van der Waals surface area (Å²) in [5.74, 6) is -0.189. The summed E-state index contributed by atoms with van der Waals surface area (Å²) in [6.07, 6.45) is -0.595. The van der Waals surface area contributed by atoms with Gasteiger partial charge in [0.2, 0.25) is 11.8 Å². The molecule has 0 aromatic rings. The zero-order valence-electron chi connectivity index (χ0n) is 8.73. The van der Waals surface area contributed by atoms with E-state index in [0.29, 0.717) is 0 Å². The molecule has 0 spiro atoms. The molecule has 2 amide bonds. The molecule has 1 rings (SSSR count). The SMILES string of the molecule is CC(O)CN1CC(=O)N(C)C(C)C1=O. The maximum Gasteiger partial charge on any atom is 0.245 e. The summed E-state index contributed by atoms with van der Waals surface area (Å²) in [7, 11) is 1.62. The molecule has 0 aromatic carbocycles. The maximum absolute atomic E-state index is 11.6. The minimum absolute atomic E-state index is 0.0740. The Balaban J connectivity index is 2.70. The summed E-state index contributed by atoms with van der Waals surface area (Å²) in [5, 5.41) is 9.14. The van der Waals surface area contributed by atoms with E-state index in [-0.39, 0.29) is 24.9 Å². The summed E-state index contributed by atoms with van der Waals surface area (Å²) in [5.41, 5.74) is 0. The van der Waals surface area contributed by atoms with Crippen LogP contribution >= 0.6 is 0 Å². The monoisotopic (exact) mass is 200 g/mol. The first-order valence-corrected chi connectivity index (χ1v) is 4.66. The number of nitrogens with zero attached hydrogens (tertiary/aromatic N) is 2. The Morgan fingerprint density at radius 2 is 2.14 bits per heavy atom. The third-order valence-corrected chi connectivity index (χ3v) is 2.45. The van der Waals surface area contributed by atoms with E-state index in [0.717, 1.165) is 0 Å². The van der Waals surface area contributed by atoms with Crippen molar-refractivity contribution in [3.05, 3.63) is 0 Å². The van der Waals surface area contributed by atoms with Crippen molar-refractivity contribution >= 4 is 11.8 Å². The number of hydrogen-bond acceptors (Lipinski definition) is 3. The average Bonchev–Trinajstić information content (AvgIpc) is 2.10. The van der Waals surface area contributed by atoms with Crippen molar-refractivity contribution in [1.29, 1.82) is 0 Å². The number of piperazine rings is 1. The minimum Gasteiger partial charge on any atom is -0.392 e. The predicted octanol–water partition coefficient (Wildman–Crippen LogP) is -0.944. The molecule has 1 fully saturated rings. The standard InChI is InChI=1S/C9H16N2O3/c1-6(12)4-11-5-8(13)10(3)7(2)9(11)14/h6-7,12H,4-5H2,1-3H3. The first kappa shape index (κ1) is 11.0. The first-order chi connectivity index (χ1) is 6.43. The van der Waals surface area contributed by atoms with Crippen LogP contribution in [0.5, 0.6) is 0 Å². The molecule has 5 heteroatoms. The Bertz CT molecular complexity index is 252. The van der Waals surface area contributed by atoms with Gasteiger partial charge in [-0.2, -0.15) is 0 Å². The van der Waals surface area contributed by atoms with E-state index < -0.39 is 12.1 Å². The summed E-state index contributed by atoms with van der Waals surface area (Å²) in [6.45, 7) is 3.59. The van der Waals surface area contributed by atoms with Gasteiger partial charge >= 0.3 is 0 Å². The van der Waals surface area contributed by atoms with Gasteiger partial charge in [0, 0.05) is 13.6 Å². The smallest absolute Gasteiger partial charge is 0.245 e. The lowest BCUT2D eigenvalue weighted by Gasteiger charge is -2.37. The van der Waals surface area contributed by atoms with E-state index in [1.165, 1.54) is 9.80 Å². The second-order valence-corrected chi connectivity index (χ2v) is 3.75. The van der Waals surface area contributed by atoms with Gasteiger partial charge in [0.1, 0.15) is 6.04 Å². The zero-order chi connectivity index (χ0) is 10.9. The number of aliphatic hydroxyl groups excluding tert-OH is 1. The molecule has 0 saturated carbocycles. The van der Waals surface area contributed by atoms with Crippen molar-refractivity contribution in [2.45, 2.75) is 26.0 Å². The Labute approximate surface area is 83.3 Å². The molecule has 80 valence electrons. The predicted molar refractivity (Wildman–Crippen MR) is 50.5 cm³/mol. The van der Waals surface area contributed by atoms with E-state index in [4.69, 9.17) is 5.11 Å². The Morgan fingerprint density at radius 1 is 1.57 bits per heavy atom. The second-order valence-electron chi connectivity index (χ2n) is 3.75. The molecule has 0 radical (unpaired) electrons. The van der Waals surface area contributed by atoms with Crippen molar-refractivity contribution < 1.29 is 14.7 Å². The van der Waals surface area contributed by atoms with Crippen LogP contribution in [0.1, 0.15) is 13.8 Å². The van der Waals surface area contributed by atoms with E-state index in [1.54, 1.807) is 20.9 Å². The van der Waals surface area contributed by atoms with Crippen LogP contribution in [-0.2, 0) is 9.59 Å². The quantitative estimate of drug-likeness (QED) is 0.625. The molecule has 1 saturated heterocycles. The minimum atomic E-state index is -0.595. The lowest BCUT2D eigenvalue weighted by atomic mass is 10.1. The second kappa shape index (κ2) is 3.96. The van der Waals surface area contributed by atoms with Crippen LogP contribution < -0.4 is 0 Å². The van der Waals surface area contributed by atoms with Gasteiger partial charge in [-0.05, 0) is 13.8 Å². The van der Waals surface area contributed by atoms with Gasteiger partial charge in [0.05, 0.1) is 12.6 Å². The maximum atomic E-state index is 11.6. The summed E-state index contributed by atoms with van der Waals surface area (Å²) >= 11 is 0. The first-order valence-electron chi connectivity index (χ1n) is 4.66. The van der Waals surface area contributed by atoms with Gasteiger partial charge in [0.25, 0.3) is 0 Å². The molecule has 1 aliphatic heterocycles. The van der Waals surface area contributed by atoms with E-state index >= 15 is 0 Å². The number of rotatable bonds is 2. The van der Waals surface area contributed by atoms with Gasteiger partial charge in [-0.15, -0.1) is 0 Å². The molecule has 2 unspecified atom stereocenters. The molecule has 1 aliphatic rings. The topological polar surface area (TPSA) is 60.9 Å². The molecule has 2 atom stereocenters. The van der Waals surface area contributed by atoms with Crippen LogP contribution in [0.2, 0.25) is 0 Å². The summed E-state index contributed by atoms with van der Waals surface area (Å²) in [6, 6.07) is -0.421. The highest BCUT2D eigenvalue weighted by molar-refractivity contribution is 5.94. The zero-order valence-corrected chi connectivity index (χ0v) is 8.73. The Morgan fingerprint density at radius 3 is 2.64 bits per heavy atom. The van der Waals surface area contributed by atoms with E-state index in [2.05, 4.69) is 0 Å². The summed E-state index contributed by atoms with van der Waals surface area (Å²) in [4.78, 5) is 25.9. The molecule has 0 aliphatic carbocycles. The molecule has 5 nitrogen and oxygen atoms in total. The van der Waals surface area contributed by atoms with Crippen LogP contribution in [-0.4, -0.2) is 59.0 Å². The number of aliphatic hydroxyl groups is 1. The highest BCUT2D eigenvalue weighted by Gasteiger charge is 2.34. The molecule has 0 aromatic heterocycles. The molecule has 0 bridgehead atoms. The molecular formula is C9H16N2O3. The van der Waals surface area contributed by atoms with Crippen LogP contribution in [0, 0.1) is 0 Å². The number of carbonyl (C=O) groups excluding carboxylic acids is 2. The van der Waals surface area contributed by atoms with Crippen LogP contribution in [0.15, 0.2) is 0 Å². The number of amides is 2. The Kier molecular flexibility index (Phi) is 3.10. The fourth-order valence-electron chi connectivity index (χ4n) is 1.47. The van der Waals surface area contributed by atoms with E-state index in [1.807, 2.05) is 0 Å². The lowest BCUT2D eigenvalue weighted by molar-refractivity contribution is -0.154. The molecule has 1 N–H and O–H groups in total. The third-order valence-electron chi connectivity index (χ3n) is 2.45. The van der Waals surface area contributed by atoms with Crippen LogP contribution in [0.25, 0.3) is 0 Å². The number of carbonyl (C=O) groups is 2. The average molecular weight is 200 g/mol. The van der Waals surface area contributed by atoms with Crippen molar-refractivity contribution in [2.75, 3.05) is 20.1 Å². The Hall–Kier alpha value is -1.10. The molecular weight excluding hydrogens is 184 g/mol.